The molecule has 1 aromatic carbocycles. The molecule has 0 amide bonds. The second-order valence-electron chi connectivity index (χ2n) is 10.4. The molecule has 0 saturated heterocycles. The SMILES string of the molecule is Cc1cc(C)n2nc(CC3=C(O)C(C4CCCC4)C(CCc4ccc(C(C)O)c(F)c4)OC3=O)nc2n1. The van der Waals surface area contributed by atoms with Crippen molar-refractivity contribution in [1.82, 2.24) is 19.6 Å². The number of carbonyl (C=O) groups is 1. The molecular formula is C28H33FN4O4. The van der Waals surface area contributed by atoms with Gasteiger partial charge in [0.05, 0.1) is 17.6 Å². The summed E-state index contributed by atoms with van der Waals surface area (Å²) in [6.45, 7) is 5.33. The van der Waals surface area contributed by atoms with E-state index in [1.54, 1.807) is 16.6 Å². The highest BCUT2D eigenvalue weighted by Crippen LogP contribution is 2.42. The van der Waals surface area contributed by atoms with Crippen LogP contribution in [0.25, 0.3) is 5.78 Å². The third-order valence-electron chi connectivity index (χ3n) is 7.67. The van der Waals surface area contributed by atoms with Crippen molar-refractivity contribution in [1.29, 1.82) is 0 Å². The number of aliphatic hydroxyl groups is 2. The Bertz CT molecular complexity index is 1360. The lowest BCUT2D eigenvalue weighted by atomic mass is 9.79. The Labute approximate surface area is 215 Å². The molecule has 0 spiro atoms. The van der Waals surface area contributed by atoms with Crippen LogP contribution in [0.3, 0.4) is 0 Å². The first-order valence-corrected chi connectivity index (χ1v) is 13.0. The second kappa shape index (κ2) is 10.2. The van der Waals surface area contributed by atoms with Crippen LogP contribution in [-0.2, 0) is 22.4 Å². The van der Waals surface area contributed by atoms with Gasteiger partial charge in [0.1, 0.15) is 17.7 Å². The van der Waals surface area contributed by atoms with Gasteiger partial charge in [-0.2, -0.15) is 4.98 Å². The molecule has 0 bridgehead atoms. The van der Waals surface area contributed by atoms with Gasteiger partial charge in [-0.05, 0) is 70.1 Å². The standard InChI is InChI=1S/C28H33FN4O4/c1-15-12-16(2)33-28(30-15)31-24(32-33)14-21-26(35)25(19-6-4-5-7-19)23(37-27(21)36)11-9-18-8-10-20(17(3)34)22(29)13-18/h8,10,12-13,17,19,23,25,34-35H,4-7,9,11,14H2,1-3H3. The number of aryl methyl sites for hydroxylation is 3. The summed E-state index contributed by atoms with van der Waals surface area (Å²) in [7, 11) is 0. The van der Waals surface area contributed by atoms with E-state index in [0.29, 0.717) is 24.4 Å². The average molecular weight is 509 g/mol. The molecule has 2 aromatic heterocycles. The molecule has 3 atom stereocenters. The van der Waals surface area contributed by atoms with E-state index in [1.165, 1.54) is 13.0 Å². The van der Waals surface area contributed by atoms with Crippen molar-refractivity contribution < 1.29 is 24.1 Å². The highest BCUT2D eigenvalue weighted by molar-refractivity contribution is 5.90. The quantitative estimate of drug-likeness (QED) is 0.447. The summed E-state index contributed by atoms with van der Waals surface area (Å²) in [6, 6.07) is 6.70. The maximum Gasteiger partial charge on any atom is 0.338 e. The third kappa shape index (κ3) is 5.09. The van der Waals surface area contributed by atoms with Gasteiger partial charge >= 0.3 is 5.97 Å². The molecule has 1 aliphatic carbocycles. The van der Waals surface area contributed by atoms with Gasteiger partial charge in [0.2, 0.25) is 0 Å². The van der Waals surface area contributed by atoms with E-state index in [9.17, 15) is 19.4 Å². The largest absolute Gasteiger partial charge is 0.511 e. The molecular weight excluding hydrogens is 475 g/mol. The fraction of sp³-hybridized carbons (Fsp3) is 0.500. The summed E-state index contributed by atoms with van der Waals surface area (Å²) >= 11 is 0. The van der Waals surface area contributed by atoms with Gasteiger partial charge < -0.3 is 14.9 Å². The summed E-state index contributed by atoms with van der Waals surface area (Å²) in [5, 5.41) is 25.6. The summed E-state index contributed by atoms with van der Waals surface area (Å²) in [5.74, 6) is -0.187. The van der Waals surface area contributed by atoms with Crippen molar-refractivity contribution in [3.8, 4) is 0 Å². The van der Waals surface area contributed by atoms with Crippen molar-refractivity contribution in [2.45, 2.75) is 77.9 Å². The normalized spacial score (nSPS) is 21.6. The Hall–Kier alpha value is -3.33. The lowest BCUT2D eigenvalue weighted by Crippen LogP contribution is -2.39. The fourth-order valence-electron chi connectivity index (χ4n) is 5.82. The van der Waals surface area contributed by atoms with Crippen molar-refractivity contribution >= 4 is 11.7 Å². The van der Waals surface area contributed by atoms with Gasteiger partial charge in [0, 0.05) is 23.4 Å². The molecule has 0 radical (unpaired) electrons. The third-order valence-corrected chi connectivity index (χ3v) is 7.67. The van der Waals surface area contributed by atoms with E-state index in [0.717, 1.165) is 42.6 Å². The predicted molar refractivity (Wildman–Crippen MR) is 134 cm³/mol. The molecule has 1 saturated carbocycles. The Kier molecular flexibility index (Phi) is 6.98. The number of rotatable bonds is 7. The number of aliphatic hydroxyl groups excluding tert-OH is 2. The molecule has 3 heterocycles. The van der Waals surface area contributed by atoms with E-state index < -0.39 is 24.0 Å². The first kappa shape index (κ1) is 25.3. The molecule has 3 aromatic rings. The zero-order valence-electron chi connectivity index (χ0n) is 21.4. The van der Waals surface area contributed by atoms with Gasteiger partial charge in [-0.25, -0.2) is 18.7 Å². The maximum absolute atomic E-state index is 14.4. The maximum atomic E-state index is 14.4. The molecule has 196 valence electrons. The first-order chi connectivity index (χ1) is 17.7. The number of nitrogens with zero attached hydrogens (tertiary/aromatic N) is 4. The van der Waals surface area contributed by atoms with Crippen LogP contribution in [0.1, 0.15) is 73.5 Å². The molecule has 37 heavy (non-hydrogen) atoms. The fourth-order valence-corrected chi connectivity index (χ4v) is 5.82. The smallest absolute Gasteiger partial charge is 0.338 e. The zero-order chi connectivity index (χ0) is 26.3. The van der Waals surface area contributed by atoms with Gasteiger partial charge in [-0.15, -0.1) is 5.10 Å². The number of hydrogen-bond donors (Lipinski definition) is 2. The first-order valence-electron chi connectivity index (χ1n) is 13.0. The Morgan fingerprint density at radius 2 is 1.95 bits per heavy atom. The Balaban J connectivity index is 1.40. The van der Waals surface area contributed by atoms with Crippen LogP contribution in [0.4, 0.5) is 4.39 Å². The van der Waals surface area contributed by atoms with Gasteiger partial charge in [0.15, 0.2) is 5.82 Å². The average Bonchev–Trinajstić information content (AvgIpc) is 3.50. The Morgan fingerprint density at radius 3 is 2.65 bits per heavy atom. The highest BCUT2D eigenvalue weighted by atomic mass is 19.1. The number of benzene rings is 1. The molecule has 9 heteroatoms. The number of carbonyl (C=O) groups excluding carboxylic acids is 1. The van der Waals surface area contributed by atoms with Crippen LogP contribution in [0.2, 0.25) is 0 Å². The summed E-state index contributed by atoms with van der Waals surface area (Å²) in [4.78, 5) is 22.0. The monoisotopic (exact) mass is 508 g/mol. The zero-order valence-corrected chi connectivity index (χ0v) is 21.4. The van der Waals surface area contributed by atoms with Crippen LogP contribution in [-0.4, -0.2) is 41.9 Å². The van der Waals surface area contributed by atoms with E-state index in [-0.39, 0.29) is 35.2 Å². The van der Waals surface area contributed by atoms with Gasteiger partial charge in [0.25, 0.3) is 5.78 Å². The van der Waals surface area contributed by atoms with Crippen LogP contribution >= 0.6 is 0 Å². The van der Waals surface area contributed by atoms with E-state index >= 15 is 0 Å². The number of fused-ring (bicyclic) bond motifs is 1. The van der Waals surface area contributed by atoms with Crippen LogP contribution in [0, 0.1) is 31.5 Å². The summed E-state index contributed by atoms with van der Waals surface area (Å²) in [5.41, 5.74) is 2.92. The van der Waals surface area contributed by atoms with E-state index in [1.807, 2.05) is 19.9 Å². The van der Waals surface area contributed by atoms with Crippen LogP contribution in [0.15, 0.2) is 35.6 Å². The lowest BCUT2D eigenvalue weighted by molar-refractivity contribution is -0.152. The predicted octanol–water partition coefficient (Wildman–Crippen LogP) is 4.65. The number of esters is 1. The van der Waals surface area contributed by atoms with E-state index in [4.69, 9.17) is 4.74 Å². The topological polar surface area (TPSA) is 110 Å². The molecule has 8 nitrogen and oxygen atoms in total. The number of cyclic esters (lactones) is 1. The molecule has 1 aliphatic heterocycles. The minimum Gasteiger partial charge on any atom is -0.511 e. The van der Waals surface area contributed by atoms with Crippen molar-refractivity contribution in [2.24, 2.45) is 11.8 Å². The number of ether oxygens (including phenoxy) is 1. The number of halogens is 1. The number of hydrogen-bond acceptors (Lipinski definition) is 7. The molecule has 2 N–H and O–H groups in total. The molecule has 2 aliphatic rings. The minimum atomic E-state index is -0.883. The second-order valence-corrected chi connectivity index (χ2v) is 10.4. The number of aromatic nitrogens is 4. The molecule has 3 unspecified atom stereocenters. The lowest BCUT2D eigenvalue weighted by Gasteiger charge is -2.35. The van der Waals surface area contributed by atoms with Gasteiger partial charge in [-0.3, -0.25) is 0 Å². The summed E-state index contributed by atoms with van der Waals surface area (Å²) < 4.78 is 21.9. The highest BCUT2D eigenvalue weighted by Gasteiger charge is 2.43. The van der Waals surface area contributed by atoms with Crippen LogP contribution in [0.5, 0.6) is 0 Å². The summed E-state index contributed by atoms with van der Waals surface area (Å²) in [6.07, 6.45) is 3.71. The molecule has 5 rings (SSSR count). The van der Waals surface area contributed by atoms with Crippen molar-refractivity contribution in [2.75, 3.05) is 0 Å². The van der Waals surface area contributed by atoms with Gasteiger partial charge in [-0.1, -0.05) is 25.0 Å². The molecule has 1 fully saturated rings. The minimum absolute atomic E-state index is 0.0640. The van der Waals surface area contributed by atoms with Crippen molar-refractivity contribution in [3.05, 3.63) is 69.8 Å². The van der Waals surface area contributed by atoms with Crippen LogP contribution < -0.4 is 0 Å². The van der Waals surface area contributed by atoms with E-state index in [2.05, 4.69) is 15.1 Å². The Morgan fingerprint density at radius 1 is 1.19 bits per heavy atom. The van der Waals surface area contributed by atoms with Crippen molar-refractivity contribution in [3.63, 3.8) is 0 Å².